The molecule has 6 heteroatoms. The van der Waals surface area contributed by atoms with Crippen molar-refractivity contribution in [3.8, 4) is 0 Å². The third kappa shape index (κ3) is 2.51. The Labute approximate surface area is 97.9 Å². The van der Waals surface area contributed by atoms with Crippen LogP contribution in [0.4, 0.5) is 0 Å². The van der Waals surface area contributed by atoms with E-state index >= 15 is 0 Å². The molecule has 0 saturated heterocycles. The number of hydrogen-bond acceptors (Lipinski definition) is 3. The molecular formula is C9H8Cl2O3S. The Morgan fingerprint density at radius 1 is 1.33 bits per heavy atom. The molecule has 0 heterocycles. The summed E-state index contributed by atoms with van der Waals surface area (Å²) in [4.78, 5) is 11.0. The zero-order chi connectivity index (χ0) is 11.8. The second-order valence-corrected chi connectivity index (χ2v) is 5.80. The molecule has 0 amide bonds. The molecule has 0 radical (unpaired) electrons. The average molecular weight is 267 g/mol. The topological polar surface area (TPSA) is 51.2 Å². The second-order valence-electron chi connectivity index (χ2n) is 3.10. The van der Waals surface area contributed by atoms with E-state index in [0.717, 1.165) is 6.26 Å². The molecule has 0 fully saturated rings. The molecule has 0 spiro atoms. The van der Waals surface area contributed by atoms with Crippen molar-refractivity contribution < 1.29 is 13.2 Å². The Kier molecular flexibility index (Phi) is 3.43. The SMILES string of the molecule is Cc1c(S(C)(=O)=O)ccc(C(=O)Cl)c1Cl. The van der Waals surface area contributed by atoms with E-state index in [0.29, 0.717) is 5.56 Å². The smallest absolute Gasteiger partial charge is 0.253 e. The number of rotatable bonds is 2. The van der Waals surface area contributed by atoms with Crippen molar-refractivity contribution in [2.45, 2.75) is 11.8 Å². The second kappa shape index (κ2) is 4.12. The monoisotopic (exact) mass is 266 g/mol. The maximum atomic E-state index is 11.3. The number of carbonyl (C=O) groups excluding carboxylic acids is 1. The van der Waals surface area contributed by atoms with Crippen molar-refractivity contribution in [1.82, 2.24) is 0 Å². The summed E-state index contributed by atoms with van der Waals surface area (Å²) in [5.74, 6) is 0. The Balaban J connectivity index is 3.55. The van der Waals surface area contributed by atoms with Gasteiger partial charge in [-0.3, -0.25) is 4.79 Å². The van der Waals surface area contributed by atoms with Crippen LogP contribution in [0, 0.1) is 6.92 Å². The lowest BCUT2D eigenvalue weighted by Gasteiger charge is -2.07. The summed E-state index contributed by atoms with van der Waals surface area (Å²) in [6.07, 6.45) is 1.08. The number of hydrogen-bond donors (Lipinski definition) is 0. The first kappa shape index (κ1) is 12.5. The van der Waals surface area contributed by atoms with E-state index in [2.05, 4.69) is 0 Å². The highest BCUT2D eigenvalue weighted by Crippen LogP contribution is 2.27. The van der Waals surface area contributed by atoms with Crippen LogP contribution in [0.15, 0.2) is 17.0 Å². The molecule has 1 aromatic carbocycles. The van der Waals surface area contributed by atoms with Gasteiger partial charge in [-0.15, -0.1) is 0 Å². The molecule has 0 bridgehead atoms. The predicted octanol–water partition coefficient (Wildman–Crippen LogP) is 2.43. The van der Waals surface area contributed by atoms with Gasteiger partial charge >= 0.3 is 0 Å². The van der Waals surface area contributed by atoms with E-state index < -0.39 is 15.1 Å². The number of halogens is 2. The van der Waals surface area contributed by atoms with Crippen LogP contribution in [0.25, 0.3) is 0 Å². The number of benzene rings is 1. The Hall–Kier alpha value is -0.580. The highest BCUT2D eigenvalue weighted by atomic mass is 35.5. The molecule has 0 N–H and O–H groups in total. The van der Waals surface area contributed by atoms with Gasteiger partial charge in [-0.2, -0.15) is 0 Å². The van der Waals surface area contributed by atoms with Gasteiger partial charge in [0.2, 0.25) is 0 Å². The Morgan fingerprint density at radius 3 is 2.27 bits per heavy atom. The fourth-order valence-electron chi connectivity index (χ4n) is 1.22. The lowest BCUT2D eigenvalue weighted by atomic mass is 10.1. The fourth-order valence-corrected chi connectivity index (χ4v) is 2.71. The van der Waals surface area contributed by atoms with Gasteiger partial charge in [0.1, 0.15) is 0 Å². The van der Waals surface area contributed by atoms with Crippen LogP contribution in [-0.4, -0.2) is 19.9 Å². The van der Waals surface area contributed by atoms with E-state index in [1.54, 1.807) is 0 Å². The third-order valence-electron chi connectivity index (χ3n) is 1.95. The quantitative estimate of drug-likeness (QED) is 0.773. The van der Waals surface area contributed by atoms with Crippen molar-refractivity contribution in [3.05, 3.63) is 28.3 Å². The molecule has 15 heavy (non-hydrogen) atoms. The van der Waals surface area contributed by atoms with E-state index in [1.165, 1.54) is 19.1 Å². The number of carbonyl (C=O) groups is 1. The summed E-state index contributed by atoms with van der Waals surface area (Å²) in [6.45, 7) is 1.53. The van der Waals surface area contributed by atoms with Crippen LogP contribution in [0.5, 0.6) is 0 Å². The molecule has 1 aromatic rings. The molecule has 82 valence electrons. The van der Waals surface area contributed by atoms with Gasteiger partial charge in [0.25, 0.3) is 5.24 Å². The van der Waals surface area contributed by atoms with Crippen LogP contribution in [-0.2, 0) is 9.84 Å². The summed E-state index contributed by atoms with van der Waals surface area (Å²) in [5.41, 5.74) is 0.453. The van der Waals surface area contributed by atoms with Crippen LogP contribution >= 0.6 is 23.2 Å². The van der Waals surface area contributed by atoms with Gasteiger partial charge < -0.3 is 0 Å². The van der Waals surface area contributed by atoms with Gasteiger partial charge in [0.05, 0.1) is 15.5 Å². The molecule has 0 unspecified atom stereocenters. The molecule has 0 aromatic heterocycles. The van der Waals surface area contributed by atoms with Crippen LogP contribution in [0.1, 0.15) is 15.9 Å². The molecular weight excluding hydrogens is 259 g/mol. The van der Waals surface area contributed by atoms with Crippen molar-refractivity contribution in [2.75, 3.05) is 6.26 Å². The fraction of sp³-hybridized carbons (Fsp3) is 0.222. The van der Waals surface area contributed by atoms with Gasteiger partial charge in [-0.05, 0) is 36.2 Å². The van der Waals surface area contributed by atoms with Crippen LogP contribution in [0.2, 0.25) is 5.02 Å². The number of sulfone groups is 1. The molecule has 0 saturated carbocycles. The van der Waals surface area contributed by atoms with Gasteiger partial charge in [-0.1, -0.05) is 11.6 Å². The normalized spacial score (nSPS) is 11.5. The average Bonchev–Trinajstić information content (AvgIpc) is 2.06. The van der Waals surface area contributed by atoms with Crippen molar-refractivity contribution in [2.24, 2.45) is 0 Å². The zero-order valence-electron chi connectivity index (χ0n) is 8.04. The molecule has 1 rings (SSSR count). The molecule has 0 aliphatic carbocycles. The van der Waals surface area contributed by atoms with E-state index in [-0.39, 0.29) is 15.5 Å². The Bertz CT molecular complexity index is 520. The third-order valence-corrected chi connectivity index (χ3v) is 3.88. The maximum Gasteiger partial charge on any atom is 0.253 e. The van der Waals surface area contributed by atoms with E-state index in [9.17, 15) is 13.2 Å². The highest BCUT2D eigenvalue weighted by molar-refractivity contribution is 7.90. The van der Waals surface area contributed by atoms with E-state index in [1.807, 2.05) is 0 Å². The minimum Gasteiger partial charge on any atom is -0.276 e. The van der Waals surface area contributed by atoms with Crippen LogP contribution in [0.3, 0.4) is 0 Å². The summed E-state index contributed by atoms with van der Waals surface area (Å²) < 4.78 is 22.6. The molecule has 3 nitrogen and oxygen atoms in total. The molecule has 0 atom stereocenters. The first-order valence-electron chi connectivity index (χ1n) is 3.94. The van der Waals surface area contributed by atoms with Crippen molar-refractivity contribution in [3.63, 3.8) is 0 Å². The van der Waals surface area contributed by atoms with Gasteiger partial charge in [0.15, 0.2) is 9.84 Å². The first-order valence-corrected chi connectivity index (χ1v) is 6.59. The zero-order valence-corrected chi connectivity index (χ0v) is 10.4. The lowest BCUT2D eigenvalue weighted by molar-refractivity contribution is 0.108. The summed E-state index contributed by atoms with van der Waals surface area (Å²) in [5, 5.41) is -0.624. The molecule has 0 aliphatic rings. The van der Waals surface area contributed by atoms with Crippen LogP contribution < -0.4 is 0 Å². The highest BCUT2D eigenvalue weighted by Gasteiger charge is 2.17. The Morgan fingerprint density at radius 2 is 1.87 bits per heavy atom. The predicted molar refractivity (Wildman–Crippen MR) is 59.5 cm³/mol. The van der Waals surface area contributed by atoms with Gasteiger partial charge in [0, 0.05) is 6.26 Å². The minimum absolute atomic E-state index is 0.0814. The first-order chi connectivity index (χ1) is 6.75. The van der Waals surface area contributed by atoms with Crippen molar-refractivity contribution >= 4 is 38.3 Å². The summed E-state index contributed by atoms with van der Waals surface area (Å²) in [6, 6.07) is 2.63. The largest absolute Gasteiger partial charge is 0.276 e. The van der Waals surface area contributed by atoms with Gasteiger partial charge in [-0.25, -0.2) is 8.42 Å². The molecule has 0 aliphatic heterocycles. The van der Waals surface area contributed by atoms with Crippen molar-refractivity contribution in [1.29, 1.82) is 0 Å². The standard InChI is InChI=1S/C9H8Cl2O3S/c1-5-7(15(2,13)14)4-3-6(8(5)10)9(11)12/h3-4H,1-2H3. The summed E-state index contributed by atoms with van der Waals surface area (Å²) in [7, 11) is -3.34. The lowest BCUT2D eigenvalue weighted by Crippen LogP contribution is -2.03. The van der Waals surface area contributed by atoms with E-state index in [4.69, 9.17) is 23.2 Å². The maximum absolute atomic E-state index is 11.3. The summed E-state index contributed by atoms with van der Waals surface area (Å²) >= 11 is 11.1. The minimum atomic E-state index is -3.34.